The molecule has 0 spiro atoms. The van der Waals surface area contributed by atoms with Crippen LogP contribution in [0, 0.1) is 0 Å². The molecule has 0 saturated heterocycles. The second kappa shape index (κ2) is 6.24. The Hall–Kier alpha value is -1.68. The average Bonchev–Trinajstić information content (AvgIpc) is 3.29. The molecule has 4 heteroatoms. The minimum absolute atomic E-state index is 0.757. The van der Waals surface area contributed by atoms with Crippen molar-refractivity contribution in [2.75, 3.05) is 0 Å². The van der Waals surface area contributed by atoms with Crippen LogP contribution in [0.15, 0.2) is 47.8 Å². The molecule has 0 N–H and O–H groups in total. The predicted octanol–water partition coefficient (Wildman–Crippen LogP) is 7.22. The van der Waals surface area contributed by atoms with E-state index >= 15 is 0 Å². The van der Waals surface area contributed by atoms with Gasteiger partial charge in [0.15, 0.2) is 0 Å². The zero-order valence-corrected chi connectivity index (χ0v) is 16.0. The van der Waals surface area contributed by atoms with Crippen LogP contribution in [0.25, 0.3) is 31.9 Å². The van der Waals surface area contributed by atoms with Crippen molar-refractivity contribution in [2.45, 2.75) is 25.7 Å². The molecule has 0 saturated carbocycles. The zero-order valence-electron chi connectivity index (χ0n) is 13.6. The molecule has 25 heavy (non-hydrogen) atoms. The number of halogens is 1. The smallest absolute Gasteiger partial charge is 0.125 e. The Bertz CT molecular complexity index is 1060. The summed E-state index contributed by atoms with van der Waals surface area (Å²) in [5, 5.41) is 4.28. The van der Waals surface area contributed by atoms with Crippen LogP contribution in [0.4, 0.5) is 0 Å². The van der Waals surface area contributed by atoms with Gasteiger partial charge in [-0.2, -0.15) is 0 Å². The summed E-state index contributed by atoms with van der Waals surface area (Å²) in [7, 11) is 0. The molecule has 1 nitrogen and oxygen atoms in total. The molecule has 5 rings (SSSR count). The van der Waals surface area contributed by atoms with Gasteiger partial charge in [0.25, 0.3) is 0 Å². The normalized spacial score (nSPS) is 14.0. The summed E-state index contributed by atoms with van der Waals surface area (Å²) >= 11 is 10.1. The Morgan fingerprint density at radius 2 is 1.84 bits per heavy atom. The van der Waals surface area contributed by atoms with Crippen molar-refractivity contribution < 1.29 is 0 Å². The molecule has 3 heterocycles. The number of fused-ring (bicyclic) bond motifs is 3. The average molecular weight is 382 g/mol. The molecule has 0 amide bonds. The number of benzene rings is 1. The summed E-state index contributed by atoms with van der Waals surface area (Å²) in [4.78, 5) is 9.02. The van der Waals surface area contributed by atoms with E-state index in [2.05, 4.69) is 29.6 Å². The number of rotatable bonds is 2. The lowest BCUT2D eigenvalue weighted by atomic mass is 9.94. The number of hydrogen-bond donors (Lipinski definition) is 0. The van der Waals surface area contributed by atoms with Crippen molar-refractivity contribution >= 4 is 44.5 Å². The quantitative estimate of drug-likeness (QED) is 0.357. The fourth-order valence-electron chi connectivity index (χ4n) is 3.69. The molecule has 4 aromatic rings. The number of nitrogens with zero attached hydrogens (tertiary/aromatic N) is 1. The molecule has 0 bridgehead atoms. The minimum atomic E-state index is 0.757. The lowest BCUT2D eigenvalue weighted by Crippen LogP contribution is -1.98. The minimum Gasteiger partial charge on any atom is -0.237 e. The van der Waals surface area contributed by atoms with E-state index in [1.807, 2.05) is 29.5 Å². The van der Waals surface area contributed by atoms with Crippen molar-refractivity contribution in [3.63, 3.8) is 0 Å². The number of aromatic nitrogens is 1. The predicted molar refractivity (Wildman–Crippen MR) is 110 cm³/mol. The molecule has 124 valence electrons. The highest BCUT2D eigenvalue weighted by atomic mass is 35.5. The van der Waals surface area contributed by atoms with Gasteiger partial charge in [-0.05, 0) is 54.8 Å². The lowest BCUT2D eigenvalue weighted by Gasteiger charge is -2.12. The first-order chi connectivity index (χ1) is 12.3. The highest BCUT2D eigenvalue weighted by Crippen LogP contribution is 2.43. The Kier molecular flexibility index (Phi) is 3.89. The van der Waals surface area contributed by atoms with E-state index in [4.69, 9.17) is 16.6 Å². The molecule has 1 aliphatic rings. The maximum absolute atomic E-state index is 6.45. The standard InChI is InChI=1S/C21H16ClNS2/c22-16-8-3-1-6-13(16)17-12-15(18-10-5-11-24-18)20-14-7-2-4-9-19(14)25-21(20)23-17/h1,3,5-6,8,10-12H,2,4,7,9H2. The first-order valence-corrected chi connectivity index (χ1v) is 10.6. The second-order valence-electron chi connectivity index (χ2n) is 6.40. The molecule has 0 aliphatic heterocycles. The molecule has 0 atom stereocenters. The third-order valence-electron chi connectivity index (χ3n) is 4.86. The third-order valence-corrected chi connectivity index (χ3v) is 7.28. The van der Waals surface area contributed by atoms with Crippen LogP contribution in [0.2, 0.25) is 5.02 Å². The third kappa shape index (κ3) is 2.62. The van der Waals surface area contributed by atoms with Crippen LogP contribution in [0.5, 0.6) is 0 Å². The Morgan fingerprint density at radius 3 is 2.68 bits per heavy atom. The SMILES string of the molecule is Clc1ccccc1-c1cc(-c2cccs2)c2c3c(sc2n1)CCCC3. The van der Waals surface area contributed by atoms with Gasteiger partial charge in [-0.1, -0.05) is 35.9 Å². The van der Waals surface area contributed by atoms with Gasteiger partial charge in [-0.25, -0.2) is 4.98 Å². The van der Waals surface area contributed by atoms with Gasteiger partial charge in [-0.15, -0.1) is 22.7 Å². The van der Waals surface area contributed by atoms with Gasteiger partial charge in [0.2, 0.25) is 0 Å². The monoisotopic (exact) mass is 381 g/mol. The first-order valence-electron chi connectivity index (χ1n) is 8.55. The Morgan fingerprint density at radius 1 is 0.960 bits per heavy atom. The molecule has 1 aliphatic carbocycles. The van der Waals surface area contributed by atoms with Crippen LogP contribution in [0.3, 0.4) is 0 Å². The van der Waals surface area contributed by atoms with Crippen LogP contribution in [-0.4, -0.2) is 4.98 Å². The van der Waals surface area contributed by atoms with Crippen molar-refractivity contribution in [2.24, 2.45) is 0 Å². The molecular formula is C21H16ClNS2. The molecule has 3 aromatic heterocycles. The van der Waals surface area contributed by atoms with Gasteiger partial charge in [0.1, 0.15) is 4.83 Å². The van der Waals surface area contributed by atoms with Crippen molar-refractivity contribution in [1.29, 1.82) is 0 Å². The van der Waals surface area contributed by atoms with Crippen LogP contribution >= 0.6 is 34.3 Å². The molecular weight excluding hydrogens is 366 g/mol. The summed E-state index contributed by atoms with van der Waals surface area (Å²) in [6, 6.07) is 14.6. The number of thiophene rings is 2. The summed E-state index contributed by atoms with van der Waals surface area (Å²) in [6.45, 7) is 0. The molecule has 0 fully saturated rings. The van der Waals surface area contributed by atoms with E-state index in [9.17, 15) is 0 Å². The zero-order chi connectivity index (χ0) is 16.8. The fraction of sp³-hybridized carbons (Fsp3) is 0.190. The second-order valence-corrected chi connectivity index (χ2v) is 8.84. The first kappa shape index (κ1) is 15.6. The summed E-state index contributed by atoms with van der Waals surface area (Å²) in [5.74, 6) is 0. The van der Waals surface area contributed by atoms with E-state index in [-0.39, 0.29) is 0 Å². The Balaban J connectivity index is 1.84. The topological polar surface area (TPSA) is 12.9 Å². The van der Waals surface area contributed by atoms with Gasteiger partial charge in [0, 0.05) is 31.3 Å². The van der Waals surface area contributed by atoms with E-state index in [1.165, 1.54) is 52.0 Å². The summed E-state index contributed by atoms with van der Waals surface area (Å²) in [5.41, 5.74) is 4.83. The van der Waals surface area contributed by atoms with Gasteiger partial charge >= 0.3 is 0 Å². The number of hydrogen-bond acceptors (Lipinski definition) is 3. The summed E-state index contributed by atoms with van der Waals surface area (Å²) in [6.07, 6.45) is 4.96. The maximum atomic E-state index is 6.45. The molecule has 0 radical (unpaired) electrons. The van der Waals surface area contributed by atoms with Gasteiger partial charge < -0.3 is 0 Å². The largest absolute Gasteiger partial charge is 0.237 e. The Labute approximate surface area is 159 Å². The highest BCUT2D eigenvalue weighted by molar-refractivity contribution is 7.19. The number of aryl methyl sites for hydroxylation is 2. The van der Waals surface area contributed by atoms with Crippen molar-refractivity contribution in [3.05, 3.63) is 63.3 Å². The van der Waals surface area contributed by atoms with Crippen LogP contribution < -0.4 is 0 Å². The maximum Gasteiger partial charge on any atom is 0.125 e. The van der Waals surface area contributed by atoms with E-state index in [0.29, 0.717) is 0 Å². The van der Waals surface area contributed by atoms with Crippen LogP contribution in [-0.2, 0) is 12.8 Å². The van der Waals surface area contributed by atoms with E-state index in [0.717, 1.165) is 21.1 Å². The van der Waals surface area contributed by atoms with Gasteiger partial charge in [0.05, 0.1) is 5.69 Å². The van der Waals surface area contributed by atoms with E-state index in [1.54, 1.807) is 11.3 Å². The highest BCUT2D eigenvalue weighted by Gasteiger charge is 2.21. The van der Waals surface area contributed by atoms with Crippen molar-refractivity contribution in [1.82, 2.24) is 4.98 Å². The van der Waals surface area contributed by atoms with E-state index < -0.39 is 0 Å². The van der Waals surface area contributed by atoms with Gasteiger partial charge in [-0.3, -0.25) is 0 Å². The number of pyridine rings is 1. The molecule has 1 aromatic carbocycles. The van der Waals surface area contributed by atoms with Crippen LogP contribution in [0.1, 0.15) is 23.3 Å². The lowest BCUT2D eigenvalue weighted by molar-refractivity contribution is 0.700. The fourth-order valence-corrected chi connectivity index (χ4v) is 5.96. The van der Waals surface area contributed by atoms with Crippen molar-refractivity contribution in [3.8, 4) is 21.7 Å². The molecule has 0 unspecified atom stereocenters. The summed E-state index contributed by atoms with van der Waals surface area (Å²) < 4.78 is 0.